The molecule has 2 nitrogen and oxygen atoms in total. The van der Waals surface area contributed by atoms with E-state index < -0.39 is 0 Å². The molecular weight excluding hydrogens is 267 g/mol. The predicted octanol–water partition coefficient (Wildman–Crippen LogP) is 4.35. The summed E-state index contributed by atoms with van der Waals surface area (Å²) in [6.07, 6.45) is 1.11. The first kappa shape index (κ1) is 15.2. The van der Waals surface area contributed by atoms with Crippen molar-refractivity contribution in [2.45, 2.75) is 26.7 Å². The minimum Gasteiger partial charge on any atom is -0.494 e. The fraction of sp³-hybridized carbons (Fsp3) is 0.278. The second kappa shape index (κ2) is 7.02. The zero-order valence-corrected chi connectivity index (χ0v) is 12.4. The van der Waals surface area contributed by atoms with Gasteiger partial charge in [0.2, 0.25) is 0 Å². The van der Waals surface area contributed by atoms with Crippen LogP contribution in [0.3, 0.4) is 0 Å². The van der Waals surface area contributed by atoms with E-state index in [0.717, 1.165) is 17.5 Å². The molecule has 110 valence electrons. The van der Waals surface area contributed by atoms with E-state index in [1.54, 1.807) is 24.3 Å². The van der Waals surface area contributed by atoms with Crippen molar-refractivity contribution >= 4 is 5.78 Å². The normalized spacial score (nSPS) is 10.4. The molecule has 2 aromatic carbocycles. The Balaban J connectivity index is 2.14. The number of carbonyl (C=O) groups excluding carboxylic acids is 1. The second-order valence-corrected chi connectivity index (χ2v) is 5.05. The van der Waals surface area contributed by atoms with Crippen LogP contribution in [-0.2, 0) is 6.42 Å². The van der Waals surface area contributed by atoms with Gasteiger partial charge in [0.05, 0.1) is 6.61 Å². The number of halogens is 1. The van der Waals surface area contributed by atoms with Crippen molar-refractivity contribution < 1.29 is 13.9 Å². The smallest absolute Gasteiger partial charge is 0.167 e. The third-order valence-corrected chi connectivity index (χ3v) is 3.29. The van der Waals surface area contributed by atoms with Gasteiger partial charge in [0.15, 0.2) is 5.78 Å². The van der Waals surface area contributed by atoms with Crippen molar-refractivity contribution in [3.63, 3.8) is 0 Å². The first-order valence-electron chi connectivity index (χ1n) is 7.11. The molecule has 0 radical (unpaired) electrons. The molecular formula is C18H19FO2. The molecule has 2 aromatic rings. The van der Waals surface area contributed by atoms with Crippen LogP contribution in [0.25, 0.3) is 0 Å². The van der Waals surface area contributed by atoms with Gasteiger partial charge in [-0.05, 0) is 48.7 Å². The van der Waals surface area contributed by atoms with Crippen molar-refractivity contribution in [3.05, 3.63) is 65.0 Å². The molecule has 3 heteroatoms. The Bertz CT molecular complexity index is 635. The maximum Gasteiger partial charge on any atom is 0.167 e. The molecule has 0 unspecified atom stereocenters. The van der Waals surface area contributed by atoms with Gasteiger partial charge >= 0.3 is 0 Å². The Hall–Kier alpha value is -2.16. The summed E-state index contributed by atoms with van der Waals surface area (Å²) in [5, 5.41) is 0. The van der Waals surface area contributed by atoms with Crippen LogP contribution in [0.2, 0.25) is 0 Å². The fourth-order valence-corrected chi connectivity index (χ4v) is 2.08. The third kappa shape index (κ3) is 4.15. The zero-order valence-electron chi connectivity index (χ0n) is 12.4. The molecule has 0 bridgehead atoms. The van der Waals surface area contributed by atoms with Crippen LogP contribution in [0.4, 0.5) is 4.39 Å². The molecule has 0 aromatic heterocycles. The number of aryl methyl sites for hydroxylation is 1. The Labute approximate surface area is 124 Å². The molecule has 0 amide bonds. The molecule has 0 spiro atoms. The van der Waals surface area contributed by atoms with Crippen LogP contribution in [-0.4, -0.2) is 12.4 Å². The van der Waals surface area contributed by atoms with Crippen molar-refractivity contribution in [1.82, 2.24) is 0 Å². The van der Waals surface area contributed by atoms with Gasteiger partial charge < -0.3 is 4.74 Å². The van der Waals surface area contributed by atoms with Crippen molar-refractivity contribution in [1.29, 1.82) is 0 Å². The van der Waals surface area contributed by atoms with Gasteiger partial charge in [-0.2, -0.15) is 0 Å². The summed E-state index contributed by atoms with van der Waals surface area (Å²) in [6, 6.07) is 11.7. The van der Waals surface area contributed by atoms with E-state index in [-0.39, 0.29) is 18.0 Å². The maximum absolute atomic E-state index is 13.3. The van der Waals surface area contributed by atoms with E-state index in [1.165, 1.54) is 12.1 Å². The van der Waals surface area contributed by atoms with E-state index in [4.69, 9.17) is 4.74 Å². The molecule has 0 saturated heterocycles. The van der Waals surface area contributed by atoms with E-state index >= 15 is 0 Å². The minimum atomic E-state index is -0.316. The van der Waals surface area contributed by atoms with Gasteiger partial charge in [0, 0.05) is 12.0 Å². The van der Waals surface area contributed by atoms with Gasteiger partial charge in [0.25, 0.3) is 0 Å². The second-order valence-electron chi connectivity index (χ2n) is 5.05. The highest BCUT2D eigenvalue weighted by Gasteiger charge is 2.10. The lowest BCUT2D eigenvalue weighted by Crippen LogP contribution is -2.06. The molecule has 0 aliphatic rings. The summed E-state index contributed by atoms with van der Waals surface area (Å²) >= 11 is 0. The van der Waals surface area contributed by atoms with Gasteiger partial charge in [-0.25, -0.2) is 4.39 Å². The number of carbonyl (C=O) groups is 1. The van der Waals surface area contributed by atoms with Gasteiger partial charge in [-0.15, -0.1) is 0 Å². The van der Waals surface area contributed by atoms with Crippen LogP contribution < -0.4 is 4.74 Å². The number of hydrogen-bond donors (Lipinski definition) is 0. The summed E-state index contributed by atoms with van der Waals surface area (Å²) in [4.78, 5) is 12.3. The molecule has 0 atom stereocenters. The van der Waals surface area contributed by atoms with E-state index in [9.17, 15) is 9.18 Å². The van der Waals surface area contributed by atoms with E-state index in [2.05, 4.69) is 0 Å². The van der Waals surface area contributed by atoms with Crippen LogP contribution in [0.15, 0.2) is 42.5 Å². The number of benzene rings is 2. The zero-order chi connectivity index (χ0) is 15.2. The molecule has 21 heavy (non-hydrogen) atoms. The van der Waals surface area contributed by atoms with Crippen LogP contribution in [0, 0.1) is 12.7 Å². The summed E-state index contributed by atoms with van der Waals surface area (Å²) in [5.41, 5.74) is 2.23. The largest absolute Gasteiger partial charge is 0.494 e. The molecule has 0 fully saturated rings. The van der Waals surface area contributed by atoms with Crippen LogP contribution >= 0.6 is 0 Å². The Morgan fingerprint density at radius 3 is 2.76 bits per heavy atom. The van der Waals surface area contributed by atoms with E-state index in [0.29, 0.717) is 17.9 Å². The van der Waals surface area contributed by atoms with Gasteiger partial charge in [-0.3, -0.25) is 4.79 Å². The summed E-state index contributed by atoms with van der Waals surface area (Å²) in [6.45, 7) is 4.53. The molecule has 0 saturated carbocycles. The Kier molecular flexibility index (Phi) is 5.09. The molecule has 0 N–H and O–H groups in total. The molecule has 0 aliphatic heterocycles. The number of ketones is 1. The van der Waals surface area contributed by atoms with Gasteiger partial charge in [0.1, 0.15) is 11.6 Å². The van der Waals surface area contributed by atoms with E-state index in [1.807, 2.05) is 19.9 Å². The standard InChI is InChI=1S/C18H19FO2/c1-3-9-21-17-6-4-5-14(11-17)18(20)12-15-10-16(19)8-7-13(15)2/h4-8,10-11H,3,9,12H2,1-2H3. The Morgan fingerprint density at radius 2 is 2.00 bits per heavy atom. The summed E-state index contributed by atoms with van der Waals surface area (Å²) in [7, 11) is 0. The predicted molar refractivity (Wildman–Crippen MR) is 81.4 cm³/mol. The maximum atomic E-state index is 13.3. The lowest BCUT2D eigenvalue weighted by Gasteiger charge is -2.08. The van der Waals surface area contributed by atoms with Crippen LogP contribution in [0.1, 0.15) is 34.8 Å². The first-order valence-corrected chi connectivity index (χ1v) is 7.11. The third-order valence-electron chi connectivity index (χ3n) is 3.29. The quantitative estimate of drug-likeness (QED) is 0.738. The van der Waals surface area contributed by atoms with Crippen LogP contribution in [0.5, 0.6) is 5.75 Å². The average molecular weight is 286 g/mol. The summed E-state index contributed by atoms with van der Waals surface area (Å²) < 4.78 is 18.8. The highest BCUT2D eigenvalue weighted by atomic mass is 19.1. The molecule has 0 aliphatic carbocycles. The van der Waals surface area contributed by atoms with Crippen molar-refractivity contribution in [2.75, 3.05) is 6.61 Å². The first-order chi connectivity index (χ1) is 10.1. The monoisotopic (exact) mass is 286 g/mol. The summed E-state index contributed by atoms with van der Waals surface area (Å²) in [5.74, 6) is 0.341. The highest BCUT2D eigenvalue weighted by molar-refractivity contribution is 5.98. The molecule has 0 heterocycles. The lowest BCUT2D eigenvalue weighted by molar-refractivity contribution is 0.0992. The van der Waals surface area contributed by atoms with Crippen molar-refractivity contribution in [3.8, 4) is 5.75 Å². The van der Waals surface area contributed by atoms with Gasteiger partial charge in [-0.1, -0.05) is 25.1 Å². The number of ether oxygens (including phenoxy) is 1. The Morgan fingerprint density at radius 1 is 1.19 bits per heavy atom. The number of hydrogen-bond acceptors (Lipinski definition) is 2. The SMILES string of the molecule is CCCOc1cccc(C(=O)Cc2cc(F)ccc2C)c1. The molecule has 2 rings (SSSR count). The lowest BCUT2D eigenvalue weighted by atomic mass is 9.99. The fourth-order valence-electron chi connectivity index (χ4n) is 2.08. The average Bonchev–Trinajstić information content (AvgIpc) is 2.49. The number of rotatable bonds is 6. The minimum absolute atomic E-state index is 0.0364. The highest BCUT2D eigenvalue weighted by Crippen LogP contribution is 2.17. The number of Topliss-reactive ketones (excluding diaryl/α,β-unsaturated/α-hetero) is 1. The topological polar surface area (TPSA) is 26.3 Å². The van der Waals surface area contributed by atoms with Crippen molar-refractivity contribution in [2.24, 2.45) is 0 Å².